The van der Waals surface area contributed by atoms with Crippen LogP contribution in [0.4, 0.5) is 0 Å². The molecule has 0 nitrogen and oxygen atoms in total. The molecule has 0 atom stereocenters. The second-order valence-electron chi connectivity index (χ2n) is 0.354. The molecule has 0 aliphatic rings. The first-order chi connectivity index (χ1) is 1.41. The monoisotopic (exact) mass is 160 g/mol. The van der Waals surface area contributed by atoms with Gasteiger partial charge in [-0.1, -0.05) is 0 Å². The van der Waals surface area contributed by atoms with Gasteiger partial charge in [0.25, 0.3) is 0 Å². The summed E-state index contributed by atoms with van der Waals surface area (Å²) in [5, 5.41) is 0. The molecule has 0 aromatic heterocycles. The van der Waals surface area contributed by atoms with Crippen molar-refractivity contribution in [1.82, 2.24) is 0 Å². The maximum Gasteiger partial charge on any atom is 2.00 e. The third kappa shape index (κ3) is 67.9. The van der Waals surface area contributed by atoms with Crippen molar-refractivity contribution in [2.45, 2.75) is 6.42 Å². The van der Waals surface area contributed by atoms with Gasteiger partial charge in [-0.15, -0.1) is 0 Å². The van der Waals surface area contributed by atoms with Gasteiger partial charge in [-0.25, -0.2) is 0 Å². The van der Waals surface area contributed by atoms with Crippen molar-refractivity contribution in [1.29, 1.82) is 0 Å². The maximum absolute atomic E-state index is 3.38. The smallest absolute Gasteiger partial charge is 1.00 e. The van der Waals surface area contributed by atoms with E-state index in [0.29, 0.717) is 0 Å². The minimum Gasteiger partial charge on any atom is -1.00 e. The Bertz CT molecular complexity index is 10.9. The molecule has 4 heteroatoms. The van der Waals surface area contributed by atoms with Crippen molar-refractivity contribution in [2.75, 3.05) is 0 Å². The molecule has 0 saturated heterocycles. The Hall–Kier alpha value is 2.11. The quantitative estimate of drug-likeness (QED) is 0.246. The fourth-order valence-electron chi connectivity index (χ4n) is 0. The van der Waals surface area contributed by atoms with E-state index in [-0.39, 0.29) is 70.9 Å². The molecule has 0 amide bonds. The van der Waals surface area contributed by atoms with E-state index in [1.807, 2.05) is 0 Å². The van der Waals surface area contributed by atoms with Crippen LogP contribution in [0, 0.1) is 13.8 Å². The molecule has 36 valence electrons. The Balaban J connectivity index is -0.00000000333. The number of halogens is 2. The summed E-state index contributed by atoms with van der Waals surface area (Å²) >= 11 is 0. The average Bonchev–Trinajstić information content (AvgIpc) is 0.918. The first-order valence-electron chi connectivity index (χ1n) is 1.000. The first kappa shape index (κ1) is 35.5. The Morgan fingerprint density at radius 2 is 0.857 bits per heavy atom. The van der Waals surface area contributed by atoms with Gasteiger partial charge in [0.2, 0.25) is 0 Å². The standard InChI is InChI=1S/C3H6.2ClH.2Mg/c1-3-2;;;;/h1-3H2;2*1H;;/q-2;;;2*+2/p-2. The Morgan fingerprint density at radius 1 is 0.857 bits per heavy atom. The summed E-state index contributed by atoms with van der Waals surface area (Å²) in [5.74, 6) is 0. The van der Waals surface area contributed by atoms with Crippen molar-refractivity contribution in [3.8, 4) is 0 Å². The van der Waals surface area contributed by atoms with Crippen LogP contribution >= 0.6 is 0 Å². The van der Waals surface area contributed by atoms with Crippen molar-refractivity contribution in [3.05, 3.63) is 13.8 Å². The number of rotatable bonds is 0. The van der Waals surface area contributed by atoms with Crippen LogP contribution in [0.5, 0.6) is 0 Å². The molecular formula is C3H6Cl2Mg2. The topological polar surface area (TPSA) is 0 Å². The Kier molecular flexibility index (Phi) is 215. The summed E-state index contributed by atoms with van der Waals surface area (Å²) in [7, 11) is 0. The van der Waals surface area contributed by atoms with Gasteiger partial charge in [0.05, 0.1) is 0 Å². The summed E-state index contributed by atoms with van der Waals surface area (Å²) in [5.41, 5.74) is 0. The van der Waals surface area contributed by atoms with E-state index in [9.17, 15) is 0 Å². The normalized spacial score (nSPS) is 2.57. The summed E-state index contributed by atoms with van der Waals surface area (Å²) < 4.78 is 0. The Morgan fingerprint density at radius 3 is 0.857 bits per heavy atom. The molecular weight excluding hydrogens is 156 g/mol. The zero-order valence-corrected chi connectivity index (χ0v) is 8.63. The van der Waals surface area contributed by atoms with Crippen LogP contribution in [0.2, 0.25) is 0 Å². The SMILES string of the molecule is [CH2-]C[CH2-].[Cl-].[Cl-].[Mg+2].[Mg+2]. The van der Waals surface area contributed by atoms with Crippen molar-refractivity contribution in [2.24, 2.45) is 0 Å². The van der Waals surface area contributed by atoms with Crippen LogP contribution < -0.4 is 24.8 Å². The molecule has 0 heterocycles. The minimum absolute atomic E-state index is 0. The van der Waals surface area contributed by atoms with Crippen molar-refractivity contribution in [3.63, 3.8) is 0 Å². The van der Waals surface area contributed by atoms with Gasteiger partial charge in [0.1, 0.15) is 0 Å². The van der Waals surface area contributed by atoms with Crippen molar-refractivity contribution < 1.29 is 24.8 Å². The van der Waals surface area contributed by atoms with Crippen LogP contribution in [0.25, 0.3) is 0 Å². The molecule has 0 fully saturated rings. The second kappa shape index (κ2) is 42.4. The molecule has 0 aromatic carbocycles. The number of hydrogen-bond donors (Lipinski definition) is 0. The average molecular weight is 162 g/mol. The fraction of sp³-hybridized carbons (Fsp3) is 0.333. The third-order valence-corrected chi connectivity index (χ3v) is 0. The molecule has 0 unspecified atom stereocenters. The van der Waals surface area contributed by atoms with Gasteiger partial charge in [-0.05, 0) is 0 Å². The van der Waals surface area contributed by atoms with Gasteiger partial charge in [0.15, 0.2) is 0 Å². The second-order valence-corrected chi connectivity index (χ2v) is 0.354. The summed E-state index contributed by atoms with van der Waals surface area (Å²) in [4.78, 5) is 0. The molecule has 0 N–H and O–H groups in total. The van der Waals surface area contributed by atoms with E-state index in [4.69, 9.17) is 0 Å². The van der Waals surface area contributed by atoms with Gasteiger partial charge in [-0.3, -0.25) is 0 Å². The fourth-order valence-corrected chi connectivity index (χ4v) is 0. The molecule has 0 aliphatic carbocycles. The third-order valence-electron chi connectivity index (χ3n) is 0. The molecule has 0 rings (SSSR count). The molecule has 0 aromatic rings. The van der Waals surface area contributed by atoms with Crippen LogP contribution in [-0.4, -0.2) is 46.1 Å². The van der Waals surface area contributed by atoms with E-state index in [0.717, 1.165) is 6.42 Å². The van der Waals surface area contributed by atoms with E-state index in [1.54, 1.807) is 0 Å². The van der Waals surface area contributed by atoms with Gasteiger partial charge in [-0.2, -0.15) is 0 Å². The van der Waals surface area contributed by atoms with E-state index >= 15 is 0 Å². The van der Waals surface area contributed by atoms with Crippen LogP contribution in [-0.2, 0) is 0 Å². The molecule has 0 bridgehead atoms. The van der Waals surface area contributed by atoms with E-state index < -0.39 is 0 Å². The van der Waals surface area contributed by atoms with Gasteiger partial charge in [0, 0.05) is 0 Å². The molecule has 7 heavy (non-hydrogen) atoms. The largest absolute Gasteiger partial charge is 2.00 e. The summed E-state index contributed by atoms with van der Waals surface area (Å²) in [6.45, 7) is 6.75. The maximum atomic E-state index is 3.38. The molecule has 0 spiro atoms. The van der Waals surface area contributed by atoms with Gasteiger partial charge < -0.3 is 45.1 Å². The van der Waals surface area contributed by atoms with Crippen LogP contribution in [0.1, 0.15) is 6.42 Å². The minimum atomic E-state index is 0. The van der Waals surface area contributed by atoms with E-state index in [2.05, 4.69) is 13.8 Å². The molecule has 0 aliphatic heterocycles. The summed E-state index contributed by atoms with van der Waals surface area (Å²) in [6.07, 6.45) is 0.750. The Labute approximate surface area is 90.3 Å². The molecule has 0 radical (unpaired) electrons. The molecule has 0 saturated carbocycles. The number of hydrogen-bond acceptors (Lipinski definition) is 0. The zero-order chi connectivity index (χ0) is 2.71. The zero-order valence-electron chi connectivity index (χ0n) is 4.29. The van der Waals surface area contributed by atoms with Gasteiger partial charge >= 0.3 is 46.1 Å². The predicted molar refractivity (Wildman–Crippen MR) is 26.8 cm³/mol. The van der Waals surface area contributed by atoms with Crippen LogP contribution in [0.3, 0.4) is 0 Å². The van der Waals surface area contributed by atoms with Crippen molar-refractivity contribution >= 4 is 46.1 Å². The van der Waals surface area contributed by atoms with Crippen LogP contribution in [0.15, 0.2) is 0 Å². The summed E-state index contributed by atoms with van der Waals surface area (Å²) in [6, 6.07) is 0. The predicted octanol–water partition coefficient (Wildman–Crippen LogP) is -5.71. The van der Waals surface area contributed by atoms with E-state index in [1.165, 1.54) is 0 Å². The first-order valence-corrected chi connectivity index (χ1v) is 1.000.